The Balaban J connectivity index is 1.74. The standard InChI is InChI=1S/C16H17N3O4/c1-10-17-14(18-23-10)12-3-2-4-13(9-12)15(20)19-7-5-11(6-8-19)16(21)22/h2-4,9,11H,5-8H2,1H3,(H,21,22). The molecule has 7 heteroatoms. The number of carboxylic acids is 1. The molecule has 120 valence electrons. The van der Waals surface area contributed by atoms with E-state index in [2.05, 4.69) is 10.1 Å². The normalized spacial score (nSPS) is 15.6. The lowest BCUT2D eigenvalue weighted by molar-refractivity contribution is -0.143. The molecule has 1 aromatic heterocycles. The van der Waals surface area contributed by atoms with Crippen LogP contribution in [0.15, 0.2) is 28.8 Å². The number of carboxylic acid groups (broad SMARTS) is 1. The van der Waals surface area contributed by atoms with Crippen molar-refractivity contribution < 1.29 is 19.2 Å². The maximum atomic E-state index is 12.6. The number of benzene rings is 1. The highest BCUT2D eigenvalue weighted by molar-refractivity contribution is 5.95. The van der Waals surface area contributed by atoms with Crippen molar-refractivity contribution >= 4 is 11.9 Å². The van der Waals surface area contributed by atoms with Crippen molar-refractivity contribution in [1.29, 1.82) is 0 Å². The summed E-state index contributed by atoms with van der Waals surface area (Å²) in [5.74, 6) is -0.329. The fourth-order valence-electron chi connectivity index (χ4n) is 2.72. The number of nitrogens with zero attached hydrogens (tertiary/aromatic N) is 3. The Morgan fingerprint density at radius 1 is 1.30 bits per heavy atom. The number of aromatic nitrogens is 2. The zero-order valence-corrected chi connectivity index (χ0v) is 12.7. The predicted molar refractivity (Wildman–Crippen MR) is 80.7 cm³/mol. The number of carbonyl (C=O) groups excluding carboxylic acids is 1. The lowest BCUT2D eigenvalue weighted by Crippen LogP contribution is -2.40. The lowest BCUT2D eigenvalue weighted by atomic mass is 9.96. The van der Waals surface area contributed by atoms with Crippen LogP contribution in [-0.4, -0.2) is 45.1 Å². The molecule has 1 aromatic carbocycles. The van der Waals surface area contributed by atoms with Crippen molar-refractivity contribution in [1.82, 2.24) is 15.0 Å². The van der Waals surface area contributed by atoms with Crippen LogP contribution < -0.4 is 0 Å². The Morgan fingerprint density at radius 2 is 2.04 bits per heavy atom. The Hall–Kier alpha value is -2.70. The summed E-state index contributed by atoms with van der Waals surface area (Å²) in [6.45, 7) is 2.63. The third-order valence-corrected chi connectivity index (χ3v) is 4.03. The highest BCUT2D eigenvalue weighted by atomic mass is 16.5. The van der Waals surface area contributed by atoms with Gasteiger partial charge in [-0.25, -0.2) is 0 Å². The second kappa shape index (κ2) is 6.20. The van der Waals surface area contributed by atoms with Gasteiger partial charge in [-0.05, 0) is 25.0 Å². The molecule has 23 heavy (non-hydrogen) atoms. The lowest BCUT2D eigenvalue weighted by Gasteiger charge is -2.30. The molecule has 3 rings (SSSR count). The van der Waals surface area contributed by atoms with E-state index in [1.807, 2.05) is 6.07 Å². The van der Waals surface area contributed by atoms with Crippen LogP contribution in [0.25, 0.3) is 11.4 Å². The second-order valence-electron chi connectivity index (χ2n) is 5.62. The third-order valence-electron chi connectivity index (χ3n) is 4.03. The van der Waals surface area contributed by atoms with Gasteiger partial charge in [-0.2, -0.15) is 4.98 Å². The molecule has 0 bridgehead atoms. The van der Waals surface area contributed by atoms with E-state index in [0.717, 1.165) is 0 Å². The van der Waals surface area contributed by atoms with Crippen LogP contribution >= 0.6 is 0 Å². The predicted octanol–water partition coefficient (Wildman–Crippen LogP) is 1.98. The monoisotopic (exact) mass is 315 g/mol. The fraction of sp³-hybridized carbons (Fsp3) is 0.375. The fourth-order valence-corrected chi connectivity index (χ4v) is 2.72. The molecule has 2 heterocycles. The minimum Gasteiger partial charge on any atom is -0.481 e. The number of rotatable bonds is 3. The van der Waals surface area contributed by atoms with E-state index < -0.39 is 5.97 Å². The van der Waals surface area contributed by atoms with Gasteiger partial charge in [0.2, 0.25) is 11.7 Å². The topological polar surface area (TPSA) is 96.5 Å². The number of aryl methyl sites for hydroxylation is 1. The van der Waals surface area contributed by atoms with E-state index in [0.29, 0.717) is 48.8 Å². The highest BCUT2D eigenvalue weighted by Gasteiger charge is 2.27. The zero-order valence-electron chi connectivity index (χ0n) is 12.7. The van der Waals surface area contributed by atoms with E-state index in [1.54, 1.807) is 30.0 Å². The van der Waals surface area contributed by atoms with Crippen LogP contribution in [0.2, 0.25) is 0 Å². The number of amides is 1. The number of hydrogen-bond acceptors (Lipinski definition) is 5. The first-order valence-electron chi connectivity index (χ1n) is 7.47. The summed E-state index contributed by atoms with van der Waals surface area (Å²) >= 11 is 0. The van der Waals surface area contributed by atoms with E-state index in [1.165, 1.54) is 0 Å². The first-order valence-corrected chi connectivity index (χ1v) is 7.47. The summed E-state index contributed by atoms with van der Waals surface area (Å²) in [5.41, 5.74) is 1.26. The van der Waals surface area contributed by atoms with Gasteiger partial charge in [0.25, 0.3) is 5.91 Å². The SMILES string of the molecule is Cc1nc(-c2cccc(C(=O)N3CCC(C(=O)O)CC3)c2)no1. The van der Waals surface area contributed by atoms with Crippen molar-refractivity contribution in [3.8, 4) is 11.4 Å². The molecule has 1 amide bonds. The molecular formula is C16H17N3O4. The van der Waals surface area contributed by atoms with Crippen LogP contribution in [0, 0.1) is 12.8 Å². The average Bonchev–Trinajstić information content (AvgIpc) is 3.01. The molecule has 1 N–H and O–H groups in total. The van der Waals surface area contributed by atoms with Gasteiger partial charge in [0.1, 0.15) is 0 Å². The van der Waals surface area contributed by atoms with Gasteiger partial charge >= 0.3 is 5.97 Å². The Labute approximate surface area is 132 Å². The van der Waals surface area contributed by atoms with Gasteiger partial charge in [-0.3, -0.25) is 9.59 Å². The summed E-state index contributed by atoms with van der Waals surface area (Å²) in [4.78, 5) is 29.4. The minimum atomic E-state index is -0.786. The van der Waals surface area contributed by atoms with E-state index in [4.69, 9.17) is 9.63 Å². The van der Waals surface area contributed by atoms with Gasteiger partial charge < -0.3 is 14.5 Å². The van der Waals surface area contributed by atoms with Gasteiger partial charge in [-0.15, -0.1) is 0 Å². The van der Waals surface area contributed by atoms with E-state index >= 15 is 0 Å². The molecule has 0 atom stereocenters. The number of likely N-dealkylation sites (tertiary alicyclic amines) is 1. The Kier molecular flexibility index (Phi) is 4.10. The molecule has 0 unspecified atom stereocenters. The summed E-state index contributed by atoms with van der Waals surface area (Å²) in [6.07, 6.45) is 0.982. The third kappa shape index (κ3) is 3.23. The number of carbonyl (C=O) groups is 2. The molecule has 1 saturated heterocycles. The minimum absolute atomic E-state index is 0.101. The number of piperidine rings is 1. The van der Waals surface area contributed by atoms with Crippen LogP contribution in [-0.2, 0) is 4.79 Å². The molecule has 2 aromatic rings. The van der Waals surface area contributed by atoms with Crippen molar-refractivity contribution in [3.05, 3.63) is 35.7 Å². The average molecular weight is 315 g/mol. The molecule has 1 aliphatic rings. The van der Waals surface area contributed by atoms with Crippen molar-refractivity contribution in [2.24, 2.45) is 5.92 Å². The largest absolute Gasteiger partial charge is 0.481 e. The van der Waals surface area contributed by atoms with Gasteiger partial charge in [0.15, 0.2) is 0 Å². The smallest absolute Gasteiger partial charge is 0.306 e. The summed E-state index contributed by atoms with van der Waals surface area (Å²) < 4.78 is 4.96. The zero-order chi connectivity index (χ0) is 16.4. The Bertz CT molecular complexity index is 732. The first-order chi connectivity index (χ1) is 11.0. The van der Waals surface area contributed by atoms with Crippen molar-refractivity contribution in [2.45, 2.75) is 19.8 Å². The number of aliphatic carboxylic acids is 1. The van der Waals surface area contributed by atoms with Crippen LogP contribution in [0.1, 0.15) is 29.1 Å². The highest BCUT2D eigenvalue weighted by Crippen LogP contribution is 2.22. The molecule has 0 spiro atoms. The molecule has 1 aliphatic heterocycles. The Morgan fingerprint density at radius 3 is 2.65 bits per heavy atom. The maximum Gasteiger partial charge on any atom is 0.306 e. The summed E-state index contributed by atoms with van der Waals surface area (Å²) in [7, 11) is 0. The second-order valence-corrected chi connectivity index (χ2v) is 5.62. The molecule has 0 saturated carbocycles. The van der Waals surface area contributed by atoms with Crippen LogP contribution in [0.3, 0.4) is 0 Å². The van der Waals surface area contributed by atoms with Gasteiger partial charge in [0.05, 0.1) is 5.92 Å². The van der Waals surface area contributed by atoms with E-state index in [9.17, 15) is 9.59 Å². The molecule has 0 radical (unpaired) electrons. The van der Waals surface area contributed by atoms with Gasteiger partial charge in [0, 0.05) is 31.1 Å². The molecule has 0 aliphatic carbocycles. The first kappa shape index (κ1) is 15.2. The maximum absolute atomic E-state index is 12.6. The van der Waals surface area contributed by atoms with Crippen LogP contribution in [0.4, 0.5) is 0 Å². The van der Waals surface area contributed by atoms with Crippen molar-refractivity contribution in [3.63, 3.8) is 0 Å². The van der Waals surface area contributed by atoms with Crippen molar-refractivity contribution in [2.75, 3.05) is 13.1 Å². The van der Waals surface area contributed by atoms with E-state index in [-0.39, 0.29) is 11.8 Å². The number of hydrogen-bond donors (Lipinski definition) is 1. The summed E-state index contributed by atoms with van der Waals surface area (Å²) in [5, 5.41) is 12.9. The summed E-state index contributed by atoms with van der Waals surface area (Å²) in [6, 6.07) is 7.06. The van der Waals surface area contributed by atoms with Gasteiger partial charge in [-0.1, -0.05) is 17.3 Å². The van der Waals surface area contributed by atoms with Crippen LogP contribution in [0.5, 0.6) is 0 Å². The molecule has 7 nitrogen and oxygen atoms in total. The molecule has 1 fully saturated rings. The molecular weight excluding hydrogens is 298 g/mol. The quantitative estimate of drug-likeness (QED) is 0.930.